The molecule has 3 aromatic carbocycles. The van der Waals surface area contributed by atoms with Gasteiger partial charge in [-0.2, -0.15) is 0 Å². The van der Waals surface area contributed by atoms with Crippen LogP contribution < -0.4 is 10.1 Å². The van der Waals surface area contributed by atoms with Crippen molar-refractivity contribution in [3.8, 4) is 17.2 Å². The fraction of sp³-hybridized carbons (Fsp3) is 0.130. The first-order valence-corrected chi connectivity index (χ1v) is 10.0. The van der Waals surface area contributed by atoms with Gasteiger partial charge in [-0.15, -0.1) is 0 Å². The number of ether oxygens (including phenoxy) is 1. The van der Waals surface area contributed by atoms with Crippen LogP contribution in [0, 0.1) is 13.8 Å². The number of anilines is 1. The van der Waals surface area contributed by atoms with Gasteiger partial charge in [0.05, 0.1) is 10.0 Å². The van der Waals surface area contributed by atoms with Gasteiger partial charge in [0, 0.05) is 11.3 Å². The van der Waals surface area contributed by atoms with Crippen LogP contribution in [-0.4, -0.2) is 17.5 Å². The van der Waals surface area contributed by atoms with Gasteiger partial charge < -0.3 is 14.5 Å². The zero-order chi connectivity index (χ0) is 21.3. The molecule has 7 heteroatoms. The van der Waals surface area contributed by atoms with Crippen LogP contribution in [0.1, 0.15) is 11.1 Å². The van der Waals surface area contributed by atoms with Gasteiger partial charge in [0.2, 0.25) is 5.89 Å². The SMILES string of the molecule is Cc1ccc(OCC(=O)Nc2ccc3oc(-c4ccc(Cl)c(Cl)c4)nc3c2)c(C)c1. The number of rotatable bonds is 5. The maximum Gasteiger partial charge on any atom is 0.262 e. The van der Waals surface area contributed by atoms with Gasteiger partial charge in [-0.3, -0.25) is 4.79 Å². The Balaban J connectivity index is 1.46. The van der Waals surface area contributed by atoms with Crippen molar-refractivity contribution < 1.29 is 13.9 Å². The van der Waals surface area contributed by atoms with Crippen LogP contribution in [0.5, 0.6) is 5.75 Å². The largest absolute Gasteiger partial charge is 0.483 e. The molecule has 152 valence electrons. The standard InChI is InChI=1S/C23H18Cl2N2O3/c1-13-3-7-20(14(2)9-13)29-12-22(28)26-16-5-8-21-19(11-16)27-23(30-21)15-4-6-17(24)18(25)10-15/h3-11H,12H2,1-2H3,(H,26,28). The van der Waals surface area contributed by atoms with Gasteiger partial charge in [0.15, 0.2) is 12.2 Å². The number of benzene rings is 3. The van der Waals surface area contributed by atoms with Crippen molar-refractivity contribution in [2.45, 2.75) is 13.8 Å². The molecule has 0 aliphatic heterocycles. The zero-order valence-electron chi connectivity index (χ0n) is 16.3. The lowest BCUT2D eigenvalue weighted by Crippen LogP contribution is -2.20. The maximum atomic E-state index is 12.3. The first-order valence-electron chi connectivity index (χ1n) is 9.25. The quantitative estimate of drug-likeness (QED) is 0.387. The Morgan fingerprint density at radius 1 is 1.03 bits per heavy atom. The minimum atomic E-state index is -0.262. The van der Waals surface area contributed by atoms with E-state index in [4.69, 9.17) is 32.4 Å². The zero-order valence-corrected chi connectivity index (χ0v) is 17.8. The van der Waals surface area contributed by atoms with Gasteiger partial charge in [0.1, 0.15) is 11.3 Å². The molecule has 4 rings (SSSR count). The molecule has 0 aliphatic carbocycles. The van der Waals surface area contributed by atoms with Crippen molar-refractivity contribution in [1.82, 2.24) is 4.98 Å². The number of hydrogen-bond acceptors (Lipinski definition) is 4. The Bertz CT molecular complexity index is 1250. The van der Waals surface area contributed by atoms with Crippen LogP contribution in [0.15, 0.2) is 59.0 Å². The third-order valence-electron chi connectivity index (χ3n) is 4.53. The van der Waals surface area contributed by atoms with Gasteiger partial charge >= 0.3 is 0 Å². The number of halogens is 2. The average molecular weight is 441 g/mol. The second-order valence-corrected chi connectivity index (χ2v) is 7.75. The fourth-order valence-corrected chi connectivity index (χ4v) is 3.36. The number of nitrogens with zero attached hydrogens (tertiary/aromatic N) is 1. The summed E-state index contributed by atoms with van der Waals surface area (Å²) in [4.78, 5) is 16.8. The number of carbonyl (C=O) groups is 1. The average Bonchev–Trinajstić information content (AvgIpc) is 3.13. The maximum absolute atomic E-state index is 12.3. The molecule has 30 heavy (non-hydrogen) atoms. The Hall–Kier alpha value is -3.02. The fourth-order valence-electron chi connectivity index (χ4n) is 3.06. The highest BCUT2D eigenvalue weighted by Crippen LogP contribution is 2.30. The molecule has 1 heterocycles. The van der Waals surface area contributed by atoms with Crippen LogP contribution in [0.4, 0.5) is 5.69 Å². The monoisotopic (exact) mass is 440 g/mol. The molecule has 4 aromatic rings. The summed E-state index contributed by atoms with van der Waals surface area (Å²) in [5.74, 6) is 0.849. The smallest absolute Gasteiger partial charge is 0.262 e. The van der Waals surface area contributed by atoms with Gasteiger partial charge in [-0.25, -0.2) is 4.98 Å². The van der Waals surface area contributed by atoms with Crippen molar-refractivity contribution in [1.29, 1.82) is 0 Å². The number of oxazole rings is 1. The summed E-state index contributed by atoms with van der Waals surface area (Å²) in [5, 5.41) is 3.70. The highest BCUT2D eigenvalue weighted by atomic mass is 35.5. The van der Waals surface area contributed by atoms with Crippen LogP contribution in [0.25, 0.3) is 22.6 Å². The predicted molar refractivity (Wildman–Crippen MR) is 120 cm³/mol. The van der Waals surface area contributed by atoms with Gasteiger partial charge in [-0.05, 0) is 61.9 Å². The van der Waals surface area contributed by atoms with Crippen molar-refractivity contribution >= 4 is 45.9 Å². The summed E-state index contributed by atoms with van der Waals surface area (Å²) in [6.45, 7) is 3.87. The van der Waals surface area contributed by atoms with Crippen molar-refractivity contribution in [2.75, 3.05) is 11.9 Å². The Morgan fingerprint density at radius 3 is 2.63 bits per heavy atom. The molecule has 0 spiro atoms. The van der Waals surface area contributed by atoms with E-state index < -0.39 is 0 Å². The van der Waals surface area contributed by atoms with E-state index >= 15 is 0 Å². The number of hydrogen-bond donors (Lipinski definition) is 1. The number of aromatic nitrogens is 1. The lowest BCUT2D eigenvalue weighted by atomic mass is 10.1. The Kier molecular flexibility index (Phi) is 5.66. The lowest BCUT2D eigenvalue weighted by Gasteiger charge is -2.10. The van der Waals surface area contributed by atoms with Crippen LogP contribution in [0.3, 0.4) is 0 Å². The first kappa shape index (κ1) is 20.3. The van der Waals surface area contributed by atoms with E-state index in [9.17, 15) is 4.79 Å². The third kappa shape index (κ3) is 4.42. The highest BCUT2D eigenvalue weighted by molar-refractivity contribution is 6.42. The van der Waals surface area contributed by atoms with Gasteiger partial charge in [0.25, 0.3) is 5.91 Å². The van der Waals surface area contributed by atoms with Crippen molar-refractivity contribution in [3.05, 3.63) is 75.8 Å². The number of aryl methyl sites for hydroxylation is 2. The molecule has 5 nitrogen and oxygen atoms in total. The Morgan fingerprint density at radius 2 is 1.87 bits per heavy atom. The molecule has 0 unspecified atom stereocenters. The topological polar surface area (TPSA) is 64.4 Å². The first-order chi connectivity index (χ1) is 14.4. The molecule has 1 aromatic heterocycles. The number of amides is 1. The molecule has 0 radical (unpaired) electrons. The minimum absolute atomic E-state index is 0.0880. The van der Waals surface area contributed by atoms with Crippen LogP contribution in [-0.2, 0) is 4.79 Å². The molecule has 0 saturated carbocycles. The molecule has 0 fully saturated rings. The highest BCUT2D eigenvalue weighted by Gasteiger charge is 2.12. The summed E-state index contributed by atoms with van der Waals surface area (Å²) in [5.41, 5.74) is 4.66. The summed E-state index contributed by atoms with van der Waals surface area (Å²) >= 11 is 12.0. The summed E-state index contributed by atoms with van der Waals surface area (Å²) in [6, 6.07) is 16.2. The molecule has 0 aliphatic rings. The van der Waals surface area contributed by atoms with E-state index in [-0.39, 0.29) is 12.5 Å². The number of fused-ring (bicyclic) bond motifs is 1. The van der Waals surface area contributed by atoms with E-state index in [0.29, 0.717) is 44.0 Å². The number of nitrogens with one attached hydrogen (secondary N) is 1. The second kappa shape index (κ2) is 8.38. The van der Waals surface area contributed by atoms with E-state index in [2.05, 4.69) is 10.3 Å². The van der Waals surface area contributed by atoms with Crippen molar-refractivity contribution in [3.63, 3.8) is 0 Å². The van der Waals surface area contributed by atoms with Crippen molar-refractivity contribution in [2.24, 2.45) is 0 Å². The summed E-state index contributed by atoms with van der Waals surface area (Å²) < 4.78 is 11.4. The summed E-state index contributed by atoms with van der Waals surface area (Å²) in [6.07, 6.45) is 0. The van der Waals surface area contributed by atoms with Crippen LogP contribution >= 0.6 is 23.2 Å². The molecule has 1 amide bonds. The second-order valence-electron chi connectivity index (χ2n) is 6.94. The van der Waals surface area contributed by atoms with E-state index in [1.54, 1.807) is 36.4 Å². The molecular formula is C23H18Cl2N2O3. The molecule has 0 bridgehead atoms. The van der Waals surface area contributed by atoms with E-state index in [1.807, 2.05) is 32.0 Å². The Labute approximate surface area is 183 Å². The lowest BCUT2D eigenvalue weighted by molar-refractivity contribution is -0.118. The predicted octanol–water partition coefficient (Wildman–Crippen LogP) is 6.44. The van der Waals surface area contributed by atoms with E-state index in [1.165, 1.54) is 0 Å². The minimum Gasteiger partial charge on any atom is -0.483 e. The summed E-state index contributed by atoms with van der Waals surface area (Å²) in [7, 11) is 0. The molecular weight excluding hydrogens is 423 g/mol. The molecule has 0 atom stereocenters. The van der Waals surface area contributed by atoms with E-state index in [0.717, 1.165) is 11.1 Å². The molecule has 0 saturated heterocycles. The third-order valence-corrected chi connectivity index (χ3v) is 5.27. The molecule has 1 N–H and O–H groups in total. The van der Waals surface area contributed by atoms with Gasteiger partial charge in [-0.1, -0.05) is 40.9 Å². The van der Waals surface area contributed by atoms with Crippen LogP contribution in [0.2, 0.25) is 10.0 Å². The normalized spacial score (nSPS) is 10.9. The number of carbonyl (C=O) groups excluding carboxylic acids is 1.